The summed E-state index contributed by atoms with van der Waals surface area (Å²) in [5.41, 5.74) is 3.32. The topological polar surface area (TPSA) is 148 Å². The number of carbonyl (C=O) groups excluding carboxylic acids is 2. The first-order chi connectivity index (χ1) is 18.7. The van der Waals surface area contributed by atoms with E-state index < -0.39 is 30.0 Å². The summed E-state index contributed by atoms with van der Waals surface area (Å²) in [6.07, 6.45) is 1.51. The molecule has 2 amide bonds. The maximum Gasteiger partial charge on any atom is 0.408 e. The molecule has 12 heteroatoms. The molecule has 1 fully saturated rings. The number of carbonyl (C=O) groups is 3. The number of alkyl carbamates (subject to hydrolysis) is 1. The van der Waals surface area contributed by atoms with Gasteiger partial charge < -0.3 is 20.5 Å². The van der Waals surface area contributed by atoms with Gasteiger partial charge in [-0.2, -0.15) is 0 Å². The molecule has 1 aromatic carbocycles. The number of pyridine rings is 1. The number of aliphatic carboxylic acids is 1. The third-order valence-corrected chi connectivity index (χ3v) is 7.32. The highest BCUT2D eigenvalue weighted by atomic mass is 35.5. The molecule has 0 aliphatic heterocycles. The highest BCUT2D eigenvalue weighted by molar-refractivity contribution is 6.31. The average molecular weight is 555 g/mol. The number of nitrogens with zero attached hydrogens (tertiary/aromatic N) is 4. The first-order valence-electron chi connectivity index (χ1n) is 12.7. The lowest BCUT2D eigenvalue weighted by Crippen LogP contribution is -2.36. The van der Waals surface area contributed by atoms with Crippen molar-refractivity contribution in [2.24, 2.45) is 18.9 Å². The van der Waals surface area contributed by atoms with Crippen molar-refractivity contribution in [1.29, 1.82) is 0 Å². The van der Waals surface area contributed by atoms with Gasteiger partial charge in [0.15, 0.2) is 0 Å². The summed E-state index contributed by atoms with van der Waals surface area (Å²) >= 11 is 6.19. The molecule has 206 valence electrons. The molecule has 1 saturated carbocycles. The minimum absolute atomic E-state index is 0.0877. The number of hydrogen-bond acceptors (Lipinski definition) is 7. The van der Waals surface area contributed by atoms with Crippen molar-refractivity contribution in [3.05, 3.63) is 58.4 Å². The lowest BCUT2D eigenvalue weighted by atomic mass is 9.78. The Labute approximate surface area is 230 Å². The lowest BCUT2D eigenvalue weighted by molar-refractivity contribution is -0.147. The Kier molecular flexibility index (Phi) is 8.80. The maximum atomic E-state index is 12.9. The van der Waals surface area contributed by atoms with E-state index in [1.807, 2.05) is 6.07 Å². The first-order valence-corrected chi connectivity index (χ1v) is 13.1. The van der Waals surface area contributed by atoms with Gasteiger partial charge in [-0.1, -0.05) is 47.9 Å². The van der Waals surface area contributed by atoms with Crippen LogP contribution >= 0.6 is 11.6 Å². The van der Waals surface area contributed by atoms with E-state index in [-0.39, 0.29) is 12.5 Å². The third-order valence-electron chi connectivity index (χ3n) is 6.98. The molecule has 2 heterocycles. The van der Waals surface area contributed by atoms with Gasteiger partial charge in [0, 0.05) is 17.6 Å². The van der Waals surface area contributed by atoms with Gasteiger partial charge in [0.2, 0.25) is 5.91 Å². The number of nitrogens with one attached hydrogen (secondary N) is 2. The SMILES string of the molecule is Cc1nc(-c2nnn(C)c2CNC(=O)O[C@H](C)c2ccccc2Cl)ccc1NC(=O)C1CCCCC1C(=O)O. The molecule has 0 radical (unpaired) electrons. The van der Waals surface area contributed by atoms with Crippen molar-refractivity contribution in [3.8, 4) is 11.4 Å². The molecule has 3 aromatic rings. The van der Waals surface area contributed by atoms with E-state index in [4.69, 9.17) is 16.3 Å². The molecular formula is C27H31ClN6O5. The smallest absolute Gasteiger partial charge is 0.408 e. The van der Waals surface area contributed by atoms with E-state index in [0.29, 0.717) is 51.9 Å². The number of halogens is 1. The number of anilines is 1. The van der Waals surface area contributed by atoms with Crippen LogP contribution in [0.5, 0.6) is 0 Å². The molecule has 1 aliphatic carbocycles. The minimum Gasteiger partial charge on any atom is -0.481 e. The third kappa shape index (κ3) is 6.54. The van der Waals surface area contributed by atoms with Gasteiger partial charge >= 0.3 is 12.1 Å². The van der Waals surface area contributed by atoms with Gasteiger partial charge in [-0.15, -0.1) is 5.10 Å². The monoisotopic (exact) mass is 554 g/mol. The van der Waals surface area contributed by atoms with Crippen molar-refractivity contribution in [2.75, 3.05) is 5.32 Å². The molecule has 2 unspecified atom stereocenters. The fourth-order valence-electron chi connectivity index (χ4n) is 4.79. The minimum atomic E-state index is -0.939. The van der Waals surface area contributed by atoms with Crippen molar-refractivity contribution in [2.45, 2.75) is 52.2 Å². The van der Waals surface area contributed by atoms with Crippen LogP contribution in [0.4, 0.5) is 10.5 Å². The summed E-state index contributed by atoms with van der Waals surface area (Å²) in [6.45, 7) is 3.57. The Hall–Kier alpha value is -3.99. The van der Waals surface area contributed by atoms with E-state index in [9.17, 15) is 19.5 Å². The Morgan fingerprint density at radius 2 is 1.87 bits per heavy atom. The van der Waals surface area contributed by atoms with Crippen LogP contribution in [0.1, 0.15) is 55.7 Å². The summed E-state index contributed by atoms with van der Waals surface area (Å²) in [7, 11) is 1.70. The number of ether oxygens (including phenoxy) is 1. The van der Waals surface area contributed by atoms with Gasteiger partial charge in [-0.3, -0.25) is 9.59 Å². The van der Waals surface area contributed by atoms with Crippen LogP contribution in [0, 0.1) is 18.8 Å². The normalized spacial score (nSPS) is 17.7. The second kappa shape index (κ2) is 12.2. The van der Waals surface area contributed by atoms with E-state index in [0.717, 1.165) is 12.8 Å². The van der Waals surface area contributed by atoms with Crippen molar-refractivity contribution in [3.63, 3.8) is 0 Å². The zero-order valence-electron chi connectivity index (χ0n) is 22.0. The van der Waals surface area contributed by atoms with Crippen LogP contribution in [0.25, 0.3) is 11.4 Å². The summed E-state index contributed by atoms with van der Waals surface area (Å²) < 4.78 is 7.00. The number of rotatable bonds is 8. The molecule has 3 N–H and O–H groups in total. The average Bonchev–Trinajstić information content (AvgIpc) is 3.28. The predicted molar refractivity (Wildman–Crippen MR) is 144 cm³/mol. The predicted octanol–water partition coefficient (Wildman–Crippen LogP) is 4.66. The second-order valence-electron chi connectivity index (χ2n) is 9.59. The number of hydrogen-bond donors (Lipinski definition) is 3. The number of amides is 2. The van der Waals surface area contributed by atoms with Crippen LogP contribution in [0.2, 0.25) is 5.02 Å². The molecule has 11 nitrogen and oxygen atoms in total. The van der Waals surface area contributed by atoms with Crippen LogP contribution in [0.3, 0.4) is 0 Å². The highest BCUT2D eigenvalue weighted by Crippen LogP contribution is 2.32. The molecule has 0 spiro atoms. The zero-order valence-corrected chi connectivity index (χ0v) is 22.7. The van der Waals surface area contributed by atoms with Crippen LogP contribution < -0.4 is 10.6 Å². The molecule has 3 atom stereocenters. The van der Waals surface area contributed by atoms with E-state index >= 15 is 0 Å². The Balaban J connectivity index is 1.42. The van der Waals surface area contributed by atoms with Crippen molar-refractivity contribution >= 4 is 35.3 Å². The highest BCUT2D eigenvalue weighted by Gasteiger charge is 2.36. The first kappa shape index (κ1) is 28.0. The van der Waals surface area contributed by atoms with Gasteiger partial charge in [-0.05, 0) is 44.9 Å². The second-order valence-corrected chi connectivity index (χ2v) is 9.99. The quantitative estimate of drug-likeness (QED) is 0.364. The molecule has 39 heavy (non-hydrogen) atoms. The van der Waals surface area contributed by atoms with Gasteiger partial charge in [0.25, 0.3) is 0 Å². The number of aromatic nitrogens is 4. The molecule has 0 bridgehead atoms. The zero-order chi connectivity index (χ0) is 28.1. The summed E-state index contributed by atoms with van der Waals surface area (Å²) in [6, 6.07) is 10.6. The van der Waals surface area contributed by atoms with Crippen molar-refractivity contribution in [1.82, 2.24) is 25.3 Å². The summed E-state index contributed by atoms with van der Waals surface area (Å²) in [5, 5.41) is 23.9. The van der Waals surface area contributed by atoms with Gasteiger partial charge in [0.1, 0.15) is 11.8 Å². The number of benzene rings is 1. The molecule has 1 aliphatic rings. The molecule has 4 rings (SSSR count). The number of carboxylic acid groups (broad SMARTS) is 1. The van der Waals surface area contributed by atoms with Gasteiger partial charge in [-0.25, -0.2) is 14.5 Å². The fraction of sp³-hybridized carbons (Fsp3) is 0.407. The Morgan fingerprint density at radius 1 is 1.15 bits per heavy atom. The molecule has 2 aromatic heterocycles. The largest absolute Gasteiger partial charge is 0.481 e. The fourth-order valence-corrected chi connectivity index (χ4v) is 5.08. The maximum absolute atomic E-state index is 12.9. The standard InChI is InChI=1S/C27H31ClN6O5/c1-15-21(31-25(35)18-9-4-5-10-19(18)26(36)37)12-13-22(30-15)24-23(34(3)33-32-24)14-29-27(38)39-16(2)17-8-6-7-11-20(17)28/h6-8,11-13,16,18-19H,4-5,9-10,14H2,1-3H3,(H,29,38)(H,31,35)(H,36,37)/t16-,18?,19?/m1/s1. The van der Waals surface area contributed by atoms with Gasteiger partial charge in [0.05, 0.1) is 41.1 Å². The van der Waals surface area contributed by atoms with Crippen LogP contribution in [-0.2, 0) is 27.9 Å². The molecular weight excluding hydrogens is 524 g/mol. The summed E-state index contributed by atoms with van der Waals surface area (Å²) in [4.78, 5) is 41.6. The number of aryl methyl sites for hydroxylation is 2. The lowest BCUT2D eigenvalue weighted by Gasteiger charge is -2.27. The number of carboxylic acids is 1. The van der Waals surface area contributed by atoms with Crippen LogP contribution in [0.15, 0.2) is 36.4 Å². The Bertz CT molecular complexity index is 1380. The van der Waals surface area contributed by atoms with E-state index in [2.05, 4.69) is 25.9 Å². The summed E-state index contributed by atoms with van der Waals surface area (Å²) in [5.74, 6) is -2.51. The van der Waals surface area contributed by atoms with Crippen molar-refractivity contribution < 1.29 is 24.2 Å². The van der Waals surface area contributed by atoms with Crippen LogP contribution in [-0.4, -0.2) is 43.1 Å². The Morgan fingerprint density at radius 3 is 2.56 bits per heavy atom. The van der Waals surface area contributed by atoms with E-state index in [1.54, 1.807) is 51.2 Å². The van der Waals surface area contributed by atoms with E-state index in [1.165, 1.54) is 4.68 Å². The molecule has 0 saturated heterocycles.